The number of benzene rings is 1. The van der Waals surface area contributed by atoms with Crippen LogP contribution in [-0.4, -0.2) is 20.8 Å². The van der Waals surface area contributed by atoms with Gasteiger partial charge in [0, 0.05) is 10.7 Å². The highest BCUT2D eigenvalue weighted by Crippen LogP contribution is 2.15. The molecule has 0 aliphatic heterocycles. The molecule has 0 aromatic heterocycles. The Labute approximate surface area is 92.2 Å². The van der Waals surface area contributed by atoms with Crippen LogP contribution in [-0.2, 0) is 9.05 Å². The van der Waals surface area contributed by atoms with Crippen molar-refractivity contribution < 1.29 is 17.5 Å². The van der Waals surface area contributed by atoms with Crippen molar-refractivity contribution >= 4 is 19.7 Å². The summed E-state index contributed by atoms with van der Waals surface area (Å²) in [5.41, 5.74) is 0. The summed E-state index contributed by atoms with van der Waals surface area (Å²) in [6.07, 6.45) is 0.236. The second kappa shape index (κ2) is 5.32. The minimum absolute atomic E-state index is 0.115. The average molecular weight is 253 g/mol. The first-order valence-electron chi connectivity index (χ1n) is 4.29. The third kappa shape index (κ3) is 4.99. The second-order valence-electron chi connectivity index (χ2n) is 2.88. The highest BCUT2D eigenvalue weighted by molar-refractivity contribution is 8.13. The molecule has 3 nitrogen and oxygen atoms in total. The second-order valence-corrected chi connectivity index (χ2v) is 5.77. The van der Waals surface area contributed by atoms with Crippen LogP contribution in [0.15, 0.2) is 24.3 Å². The van der Waals surface area contributed by atoms with Gasteiger partial charge in [0.1, 0.15) is 0 Å². The molecular weight excluding hydrogens is 243 g/mol. The van der Waals surface area contributed by atoms with Crippen LogP contribution in [0, 0.1) is 5.82 Å². The molecule has 0 saturated carbocycles. The Morgan fingerprint density at radius 1 is 1.33 bits per heavy atom. The molecule has 0 aliphatic rings. The van der Waals surface area contributed by atoms with Crippen molar-refractivity contribution in [1.82, 2.24) is 0 Å². The zero-order valence-corrected chi connectivity index (χ0v) is 9.39. The van der Waals surface area contributed by atoms with E-state index in [2.05, 4.69) is 0 Å². The Hall–Kier alpha value is -0.810. The zero-order chi connectivity index (χ0) is 11.3. The fourth-order valence-corrected chi connectivity index (χ4v) is 1.77. The smallest absolute Gasteiger partial charge is 0.232 e. The van der Waals surface area contributed by atoms with E-state index >= 15 is 0 Å². The van der Waals surface area contributed by atoms with Crippen LogP contribution < -0.4 is 4.74 Å². The largest absolute Gasteiger partial charge is 0.490 e. The van der Waals surface area contributed by atoms with Crippen LogP contribution in [0.4, 0.5) is 4.39 Å². The molecule has 0 saturated heterocycles. The molecule has 1 aromatic carbocycles. The summed E-state index contributed by atoms with van der Waals surface area (Å²) in [5.74, 6) is -0.529. The van der Waals surface area contributed by atoms with Crippen LogP contribution in [0.1, 0.15) is 6.42 Å². The lowest BCUT2D eigenvalue weighted by atomic mass is 10.3. The Morgan fingerprint density at radius 3 is 2.60 bits per heavy atom. The van der Waals surface area contributed by atoms with Crippen molar-refractivity contribution in [1.29, 1.82) is 0 Å². The molecule has 0 atom stereocenters. The molecule has 0 unspecified atom stereocenters. The van der Waals surface area contributed by atoms with Gasteiger partial charge in [0.15, 0.2) is 11.6 Å². The molecule has 15 heavy (non-hydrogen) atoms. The third-order valence-corrected chi connectivity index (χ3v) is 2.87. The first kappa shape index (κ1) is 12.3. The van der Waals surface area contributed by atoms with E-state index in [4.69, 9.17) is 15.4 Å². The van der Waals surface area contributed by atoms with E-state index < -0.39 is 14.9 Å². The molecule has 0 spiro atoms. The summed E-state index contributed by atoms with van der Waals surface area (Å²) in [6.45, 7) is 0.118. The molecule has 0 fully saturated rings. The third-order valence-electron chi connectivity index (χ3n) is 1.63. The highest BCUT2D eigenvalue weighted by Gasteiger charge is 2.05. The van der Waals surface area contributed by atoms with Crippen LogP contribution in [0.3, 0.4) is 0 Å². The Balaban J connectivity index is 2.36. The van der Waals surface area contributed by atoms with E-state index in [-0.39, 0.29) is 24.5 Å². The van der Waals surface area contributed by atoms with Crippen LogP contribution >= 0.6 is 10.7 Å². The lowest BCUT2D eigenvalue weighted by Gasteiger charge is -2.05. The van der Waals surface area contributed by atoms with Crippen molar-refractivity contribution in [3.63, 3.8) is 0 Å². The van der Waals surface area contributed by atoms with Gasteiger partial charge in [-0.15, -0.1) is 0 Å². The van der Waals surface area contributed by atoms with Crippen LogP contribution in [0.25, 0.3) is 0 Å². The molecule has 84 valence electrons. The van der Waals surface area contributed by atoms with Crippen molar-refractivity contribution in [2.45, 2.75) is 6.42 Å². The minimum atomic E-state index is -3.49. The monoisotopic (exact) mass is 252 g/mol. The lowest BCUT2D eigenvalue weighted by molar-refractivity contribution is 0.302. The molecule has 0 radical (unpaired) electrons. The van der Waals surface area contributed by atoms with Gasteiger partial charge in [-0.25, -0.2) is 12.8 Å². The fourth-order valence-electron chi connectivity index (χ4n) is 0.975. The normalized spacial score (nSPS) is 11.3. The minimum Gasteiger partial charge on any atom is -0.490 e. The summed E-state index contributed by atoms with van der Waals surface area (Å²) in [5, 5.41) is 0. The van der Waals surface area contributed by atoms with E-state index in [9.17, 15) is 12.8 Å². The first-order chi connectivity index (χ1) is 6.99. The number of halogens is 2. The number of para-hydroxylation sites is 1. The summed E-state index contributed by atoms with van der Waals surface area (Å²) < 4.78 is 39.1. The molecule has 6 heteroatoms. The van der Waals surface area contributed by atoms with Gasteiger partial charge in [0.05, 0.1) is 12.4 Å². The molecule has 1 rings (SSSR count). The molecule has 0 bridgehead atoms. The number of rotatable bonds is 5. The van der Waals surface area contributed by atoms with Gasteiger partial charge in [-0.3, -0.25) is 0 Å². The molecule has 0 aliphatic carbocycles. The van der Waals surface area contributed by atoms with Gasteiger partial charge in [-0.1, -0.05) is 12.1 Å². The van der Waals surface area contributed by atoms with E-state index in [0.717, 1.165) is 0 Å². The first-order valence-corrected chi connectivity index (χ1v) is 6.76. The van der Waals surface area contributed by atoms with Gasteiger partial charge < -0.3 is 4.74 Å². The van der Waals surface area contributed by atoms with Gasteiger partial charge in [0.25, 0.3) is 0 Å². The van der Waals surface area contributed by atoms with Gasteiger partial charge in [0.2, 0.25) is 9.05 Å². The summed E-state index contributed by atoms with van der Waals surface area (Å²) in [4.78, 5) is 0. The number of hydrogen-bond donors (Lipinski definition) is 0. The molecular formula is C9H10ClFO3S. The van der Waals surface area contributed by atoms with E-state index in [1.165, 1.54) is 12.1 Å². The summed E-state index contributed by atoms with van der Waals surface area (Å²) in [6, 6.07) is 5.93. The SMILES string of the molecule is O=S(=O)(Cl)CCCOc1ccccc1F. The topological polar surface area (TPSA) is 43.4 Å². The van der Waals surface area contributed by atoms with Gasteiger partial charge in [-0.05, 0) is 18.6 Å². The van der Waals surface area contributed by atoms with Crippen LogP contribution in [0.2, 0.25) is 0 Å². The van der Waals surface area contributed by atoms with E-state index in [1.54, 1.807) is 12.1 Å². The lowest BCUT2D eigenvalue weighted by Crippen LogP contribution is -2.05. The Bertz CT molecular complexity index is 419. The predicted molar refractivity (Wildman–Crippen MR) is 56.2 cm³/mol. The standard InChI is InChI=1S/C9H10ClFO3S/c10-15(12,13)7-3-6-14-9-5-2-1-4-8(9)11/h1-2,4-5H,3,6-7H2. The average Bonchev–Trinajstić information content (AvgIpc) is 2.13. The molecule has 0 heterocycles. The summed E-state index contributed by atoms with van der Waals surface area (Å²) >= 11 is 0. The van der Waals surface area contributed by atoms with E-state index in [1.807, 2.05) is 0 Å². The predicted octanol–water partition coefficient (Wildman–Crippen LogP) is 2.16. The summed E-state index contributed by atoms with van der Waals surface area (Å²) in [7, 11) is 1.50. The zero-order valence-electron chi connectivity index (χ0n) is 7.82. The van der Waals surface area contributed by atoms with Gasteiger partial charge >= 0.3 is 0 Å². The van der Waals surface area contributed by atoms with Crippen molar-refractivity contribution in [3.8, 4) is 5.75 Å². The molecule has 0 amide bonds. The molecule has 1 aromatic rings. The Kier molecular flexibility index (Phi) is 4.35. The molecule has 0 N–H and O–H groups in total. The number of ether oxygens (including phenoxy) is 1. The maximum atomic E-state index is 13.0. The van der Waals surface area contributed by atoms with Crippen molar-refractivity contribution in [3.05, 3.63) is 30.1 Å². The Morgan fingerprint density at radius 2 is 2.00 bits per heavy atom. The van der Waals surface area contributed by atoms with Crippen molar-refractivity contribution in [2.24, 2.45) is 0 Å². The van der Waals surface area contributed by atoms with Gasteiger partial charge in [-0.2, -0.15) is 0 Å². The fraction of sp³-hybridized carbons (Fsp3) is 0.333. The maximum absolute atomic E-state index is 13.0. The number of hydrogen-bond acceptors (Lipinski definition) is 3. The quantitative estimate of drug-likeness (QED) is 0.596. The highest BCUT2D eigenvalue weighted by atomic mass is 35.7. The van der Waals surface area contributed by atoms with Crippen LogP contribution in [0.5, 0.6) is 5.75 Å². The maximum Gasteiger partial charge on any atom is 0.232 e. The van der Waals surface area contributed by atoms with E-state index in [0.29, 0.717) is 0 Å². The van der Waals surface area contributed by atoms with Crippen molar-refractivity contribution in [2.75, 3.05) is 12.4 Å².